The van der Waals surface area contributed by atoms with E-state index in [2.05, 4.69) is 10.1 Å². The molecule has 0 aliphatic carbocycles. The summed E-state index contributed by atoms with van der Waals surface area (Å²) in [6.45, 7) is 7.23. The van der Waals surface area contributed by atoms with Crippen molar-refractivity contribution in [2.75, 3.05) is 7.11 Å². The Morgan fingerprint density at radius 3 is 2.47 bits per heavy atom. The maximum atomic E-state index is 11.6. The highest BCUT2D eigenvalue weighted by Gasteiger charge is 2.35. The molecule has 0 bridgehead atoms. The third kappa shape index (κ3) is 5.06. The van der Waals surface area contributed by atoms with Crippen molar-refractivity contribution in [1.82, 2.24) is 5.32 Å². The van der Waals surface area contributed by atoms with Gasteiger partial charge < -0.3 is 19.5 Å². The smallest absolute Gasteiger partial charge is 0.407 e. The van der Waals surface area contributed by atoms with E-state index in [9.17, 15) is 9.59 Å². The Balaban J connectivity index is 2.41. The lowest BCUT2D eigenvalue weighted by Crippen LogP contribution is -2.44. The van der Waals surface area contributed by atoms with Gasteiger partial charge in [-0.2, -0.15) is 0 Å². The van der Waals surface area contributed by atoms with Gasteiger partial charge in [0.2, 0.25) is 0 Å². The highest BCUT2D eigenvalue weighted by Crippen LogP contribution is 2.23. The molecule has 1 aliphatic rings. The Labute approximate surface area is 113 Å². The number of ether oxygens (including phenoxy) is 3. The quantitative estimate of drug-likeness (QED) is 0.791. The van der Waals surface area contributed by atoms with Crippen molar-refractivity contribution in [3.63, 3.8) is 0 Å². The number of nitrogens with one attached hydrogen (secondary N) is 1. The maximum Gasteiger partial charge on any atom is 0.407 e. The summed E-state index contributed by atoms with van der Waals surface area (Å²) >= 11 is 0. The number of rotatable bonds is 3. The van der Waals surface area contributed by atoms with E-state index in [1.54, 1.807) is 20.8 Å². The zero-order valence-electron chi connectivity index (χ0n) is 12.2. The Hall–Kier alpha value is -1.30. The second kappa shape index (κ2) is 6.23. The van der Waals surface area contributed by atoms with Crippen LogP contribution in [-0.4, -0.2) is 43.0 Å². The van der Waals surface area contributed by atoms with Crippen LogP contribution in [0.25, 0.3) is 0 Å². The average Bonchev–Trinajstić information content (AvgIpc) is 2.74. The molecule has 110 valence electrons. The van der Waals surface area contributed by atoms with Crippen molar-refractivity contribution in [1.29, 1.82) is 0 Å². The highest BCUT2D eigenvalue weighted by atomic mass is 16.6. The number of alkyl carbamates (subject to hydrolysis) is 1. The second-order valence-corrected chi connectivity index (χ2v) is 5.70. The predicted molar refractivity (Wildman–Crippen MR) is 68.7 cm³/mol. The topological polar surface area (TPSA) is 73.9 Å². The summed E-state index contributed by atoms with van der Waals surface area (Å²) in [7, 11) is 1.33. The summed E-state index contributed by atoms with van der Waals surface area (Å²) in [5.74, 6) is -0.369. The molecule has 1 aliphatic heterocycles. The zero-order valence-corrected chi connectivity index (χ0v) is 12.2. The molecule has 0 saturated carbocycles. The molecule has 0 aromatic heterocycles. The molecule has 0 spiro atoms. The first-order chi connectivity index (χ1) is 8.73. The average molecular weight is 273 g/mol. The van der Waals surface area contributed by atoms with Gasteiger partial charge in [0, 0.05) is 0 Å². The van der Waals surface area contributed by atoms with Crippen LogP contribution in [0, 0.1) is 0 Å². The number of methoxy groups -OCH3 is 1. The van der Waals surface area contributed by atoms with Gasteiger partial charge in [0.05, 0.1) is 19.3 Å². The van der Waals surface area contributed by atoms with E-state index in [-0.39, 0.29) is 18.1 Å². The van der Waals surface area contributed by atoms with E-state index in [1.165, 1.54) is 7.11 Å². The van der Waals surface area contributed by atoms with Gasteiger partial charge in [0.25, 0.3) is 0 Å². The molecule has 0 radical (unpaired) electrons. The van der Waals surface area contributed by atoms with Crippen LogP contribution in [0.2, 0.25) is 0 Å². The van der Waals surface area contributed by atoms with Gasteiger partial charge in [0.15, 0.2) is 6.10 Å². The highest BCUT2D eigenvalue weighted by molar-refractivity contribution is 5.74. The molecule has 19 heavy (non-hydrogen) atoms. The van der Waals surface area contributed by atoms with Gasteiger partial charge in [0.1, 0.15) is 5.60 Å². The van der Waals surface area contributed by atoms with Crippen molar-refractivity contribution in [3.05, 3.63) is 0 Å². The third-order valence-electron chi connectivity index (χ3n) is 2.82. The van der Waals surface area contributed by atoms with E-state index in [1.807, 2.05) is 6.92 Å². The van der Waals surface area contributed by atoms with Crippen molar-refractivity contribution in [2.45, 2.75) is 64.4 Å². The summed E-state index contributed by atoms with van der Waals surface area (Å²) in [4.78, 5) is 22.9. The normalized spacial score (nSPS) is 24.7. The first-order valence-corrected chi connectivity index (χ1v) is 6.45. The number of carbonyl (C=O) groups is 2. The van der Waals surface area contributed by atoms with Crippen LogP contribution in [0.15, 0.2) is 0 Å². The van der Waals surface area contributed by atoms with Crippen LogP contribution in [0.4, 0.5) is 4.79 Å². The zero-order chi connectivity index (χ0) is 14.6. The predicted octanol–water partition coefficient (Wildman–Crippen LogP) is 1.62. The maximum absolute atomic E-state index is 11.6. The molecular weight excluding hydrogens is 250 g/mol. The number of hydrogen-bond donors (Lipinski definition) is 1. The van der Waals surface area contributed by atoms with Gasteiger partial charge in [-0.05, 0) is 40.5 Å². The fourth-order valence-electron chi connectivity index (χ4n) is 1.92. The number of hydrogen-bond acceptors (Lipinski definition) is 5. The molecule has 3 atom stereocenters. The van der Waals surface area contributed by atoms with E-state index in [0.717, 1.165) is 0 Å². The molecule has 1 heterocycles. The minimum absolute atomic E-state index is 0.198. The molecular formula is C13H23NO5. The fourth-order valence-corrected chi connectivity index (χ4v) is 1.92. The SMILES string of the molecule is COC(=O)[C@@H]1CC[C@H]([C@@H](C)NC(=O)OC(C)(C)C)O1. The molecule has 0 unspecified atom stereocenters. The van der Waals surface area contributed by atoms with Gasteiger partial charge in [-0.1, -0.05) is 0 Å². The minimum atomic E-state index is -0.533. The van der Waals surface area contributed by atoms with E-state index in [4.69, 9.17) is 9.47 Å². The Bertz CT molecular complexity index is 336. The molecule has 1 fully saturated rings. The van der Waals surface area contributed by atoms with Crippen molar-refractivity contribution >= 4 is 12.1 Å². The Kier molecular flexibility index (Phi) is 5.17. The fraction of sp³-hybridized carbons (Fsp3) is 0.846. The lowest BCUT2D eigenvalue weighted by atomic mass is 10.1. The molecule has 6 heteroatoms. The number of amides is 1. The lowest BCUT2D eigenvalue weighted by Gasteiger charge is -2.24. The van der Waals surface area contributed by atoms with Crippen LogP contribution >= 0.6 is 0 Å². The molecule has 1 saturated heterocycles. The van der Waals surface area contributed by atoms with E-state index in [0.29, 0.717) is 12.8 Å². The standard InChI is InChI=1S/C13H23NO5/c1-8(14-12(16)19-13(2,3)4)9-6-7-10(18-9)11(15)17-5/h8-10H,6-7H2,1-5H3,(H,14,16)/t8-,9-,10+/m1/s1. The van der Waals surface area contributed by atoms with Crippen LogP contribution in [-0.2, 0) is 19.0 Å². The Morgan fingerprint density at radius 1 is 1.32 bits per heavy atom. The van der Waals surface area contributed by atoms with Gasteiger partial charge in [-0.3, -0.25) is 0 Å². The first kappa shape index (κ1) is 15.8. The summed E-state index contributed by atoms with van der Waals surface area (Å²) in [5, 5.41) is 2.72. The van der Waals surface area contributed by atoms with Crippen LogP contribution in [0.5, 0.6) is 0 Å². The molecule has 1 rings (SSSR count). The monoisotopic (exact) mass is 273 g/mol. The van der Waals surface area contributed by atoms with Crippen molar-refractivity contribution < 1.29 is 23.8 Å². The van der Waals surface area contributed by atoms with Crippen LogP contribution in [0.1, 0.15) is 40.5 Å². The van der Waals surface area contributed by atoms with Gasteiger partial charge in [-0.15, -0.1) is 0 Å². The third-order valence-corrected chi connectivity index (χ3v) is 2.82. The number of carbonyl (C=O) groups excluding carboxylic acids is 2. The minimum Gasteiger partial charge on any atom is -0.467 e. The summed E-state index contributed by atoms with van der Waals surface area (Å²) in [6, 6.07) is -0.218. The van der Waals surface area contributed by atoms with Crippen LogP contribution in [0.3, 0.4) is 0 Å². The molecule has 6 nitrogen and oxygen atoms in total. The molecule has 0 aromatic rings. The van der Waals surface area contributed by atoms with Gasteiger partial charge >= 0.3 is 12.1 Å². The summed E-state index contributed by atoms with van der Waals surface area (Å²) in [6.07, 6.45) is 0.105. The summed E-state index contributed by atoms with van der Waals surface area (Å²) < 4.78 is 15.4. The van der Waals surface area contributed by atoms with Gasteiger partial charge in [-0.25, -0.2) is 9.59 Å². The van der Waals surface area contributed by atoms with Crippen molar-refractivity contribution in [3.8, 4) is 0 Å². The summed E-state index contributed by atoms with van der Waals surface area (Å²) in [5.41, 5.74) is -0.533. The number of esters is 1. The second-order valence-electron chi connectivity index (χ2n) is 5.70. The molecule has 1 amide bonds. The van der Waals surface area contributed by atoms with Crippen molar-refractivity contribution in [2.24, 2.45) is 0 Å². The molecule has 0 aromatic carbocycles. The first-order valence-electron chi connectivity index (χ1n) is 6.45. The molecule has 1 N–H and O–H groups in total. The largest absolute Gasteiger partial charge is 0.467 e. The Morgan fingerprint density at radius 2 is 1.95 bits per heavy atom. The van der Waals surface area contributed by atoms with Crippen LogP contribution < -0.4 is 5.32 Å². The van der Waals surface area contributed by atoms with E-state index >= 15 is 0 Å². The van der Waals surface area contributed by atoms with E-state index < -0.39 is 17.8 Å². The lowest BCUT2D eigenvalue weighted by molar-refractivity contribution is -0.153.